The van der Waals surface area contributed by atoms with Crippen LogP contribution >= 0.6 is 0 Å². The maximum absolute atomic E-state index is 13.3. The molecule has 44 heavy (non-hydrogen) atoms. The van der Waals surface area contributed by atoms with Crippen LogP contribution in [0.2, 0.25) is 0 Å². The van der Waals surface area contributed by atoms with E-state index in [-0.39, 0.29) is 24.6 Å². The molecule has 4 heterocycles. The molecule has 2 aliphatic heterocycles. The first-order chi connectivity index (χ1) is 20.6. The topological polar surface area (TPSA) is 103 Å². The summed E-state index contributed by atoms with van der Waals surface area (Å²) in [6.07, 6.45) is 5.14. The Balaban J connectivity index is 1.58. The van der Waals surface area contributed by atoms with Gasteiger partial charge in [-0.2, -0.15) is 0 Å². The van der Waals surface area contributed by atoms with Gasteiger partial charge in [-0.15, -0.1) is 0 Å². The lowest BCUT2D eigenvalue weighted by Crippen LogP contribution is -2.39. The fourth-order valence-corrected chi connectivity index (χ4v) is 6.13. The van der Waals surface area contributed by atoms with Crippen LogP contribution in [0.4, 0.5) is 9.59 Å². The molecule has 1 aromatic carbocycles. The molecule has 0 bridgehead atoms. The first kappa shape index (κ1) is 31.5. The molecular formula is C34H44N4O6. The molecule has 0 N–H and O–H groups in total. The number of amides is 2. The normalized spacial score (nSPS) is 17.1. The van der Waals surface area contributed by atoms with E-state index in [1.54, 1.807) is 12.4 Å². The summed E-state index contributed by atoms with van der Waals surface area (Å²) in [6, 6.07) is 6.20. The van der Waals surface area contributed by atoms with Crippen molar-refractivity contribution in [2.45, 2.75) is 91.5 Å². The number of rotatable bonds is 4. The molecule has 3 aromatic rings. The van der Waals surface area contributed by atoms with Crippen LogP contribution in [0.1, 0.15) is 82.7 Å². The summed E-state index contributed by atoms with van der Waals surface area (Å²) in [5, 5.41) is 0.848. The number of aryl methyl sites for hydroxylation is 1. The van der Waals surface area contributed by atoms with Gasteiger partial charge in [0, 0.05) is 50.1 Å². The van der Waals surface area contributed by atoms with E-state index >= 15 is 0 Å². The van der Waals surface area contributed by atoms with Crippen molar-refractivity contribution in [3.05, 3.63) is 52.8 Å². The summed E-state index contributed by atoms with van der Waals surface area (Å²) in [4.78, 5) is 47.4. The fraction of sp³-hybridized carbons (Fsp3) is 0.529. The van der Waals surface area contributed by atoms with Gasteiger partial charge in [0.1, 0.15) is 23.5 Å². The number of pyridine rings is 1. The number of carbonyl (C=O) groups excluding carboxylic acids is 3. The molecule has 2 aromatic heterocycles. The molecule has 0 unspecified atom stereocenters. The molecule has 5 rings (SSSR count). The van der Waals surface area contributed by atoms with E-state index in [2.05, 4.69) is 12.1 Å². The lowest BCUT2D eigenvalue weighted by atomic mass is 9.86. The maximum Gasteiger partial charge on any atom is 0.420 e. The van der Waals surface area contributed by atoms with Crippen LogP contribution < -0.4 is 0 Å². The van der Waals surface area contributed by atoms with E-state index in [1.165, 1.54) is 17.2 Å². The third-order valence-electron chi connectivity index (χ3n) is 8.00. The first-order valence-electron chi connectivity index (χ1n) is 15.3. The fourth-order valence-electron chi connectivity index (χ4n) is 6.13. The zero-order chi connectivity index (χ0) is 32.0. The summed E-state index contributed by atoms with van der Waals surface area (Å²) >= 11 is 0. The molecule has 2 aliphatic rings. The highest BCUT2D eigenvalue weighted by molar-refractivity contribution is 5.92. The quantitative estimate of drug-likeness (QED) is 0.340. The number of hydrogen-bond acceptors (Lipinski definition) is 7. The Hall–Kier alpha value is -3.92. The zero-order valence-electron chi connectivity index (χ0n) is 27.2. The van der Waals surface area contributed by atoms with Gasteiger partial charge >= 0.3 is 12.2 Å². The van der Waals surface area contributed by atoms with E-state index in [9.17, 15) is 14.4 Å². The Labute approximate surface area is 259 Å². The Bertz CT molecular complexity index is 1600. The molecule has 0 saturated carbocycles. The number of carbonyl (C=O) groups is 3. The van der Waals surface area contributed by atoms with Crippen LogP contribution in [0.3, 0.4) is 0 Å². The van der Waals surface area contributed by atoms with Crippen molar-refractivity contribution in [1.29, 1.82) is 0 Å². The van der Waals surface area contributed by atoms with Crippen molar-refractivity contribution in [3.63, 3.8) is 0 Å². The minimum Gasteiger partial charge on any atom is -0.444 e. The van der Waals surface area contributed by atoms with Gasteiger partial charge in [-0.3, -0.25) is 4.79 Å². The van der Waals surface area contributed by atoms with Crippen molar-refractivity contribution in [3.8, 4) is 11.1 Å². The van der Waals surface area contributed by atoms with Gasteiger partial charge in [0.15, 0.2) is 0 Å². The smallest absolute Gasteiger partial charge is 0.420 e. The van der Waals surface area contributed by atoms with E-state index in [1.807, 2.05) is 64.3 Å². The second-order valence-electron chi connectivity index (χ2n) is 13.8. The molecule has 0 radical (unpaired) electrons. The zero-order valence-corrected chi connectivity index (χ0v) is 27.2. The number of hydrogen-bond donors (Lipinski definition) is 0. The van der Waals surface area contributed by atoms with Crippen LogP contribution in [-0.2, 0) is 32.0 Å². The van der Waals surface area contributed by atoms with Crippen LogP contribution in [-0.4, -0.2) is 75.5 Å². The molecule has 10 nitrogen and oxygen atoms in total. The highest BCUT2D eigenvalue weighted by atomic mass is 16.6. The number of nitrogens with zero attached hydrogens (tertiary/aromatic N) is 4. The second-order valence-corrected chi connectivity index (χ2v) is 13.8. The van der Waals surface area contributed by atoms with E-state index < -0.39 is 17.3 Å². The largest absolute Gasteiger partial charge is 0.444 e. The van der Waals surface area contributed by atoms with Gasteiger partial charge in [0.25, 0.3) is 0 Å². The lowest BCUT2D eigenvalue weighted by Gasteiger charge is -2.34. The number of fused-ring (bicyclic) bond motifs is 2. The Morgan fingerprint density at radius 2 is 1.66 bits per heavy atom. The van der Waals surface area contributed by atoms with Crippen molar-refractivity contribution in [1.82, 2.24) is 19.4 Å². The Morgan fingerprint density at radius 3 is 2.34 bits per heavy atom. The van der Waals surface area contributed by atoms with Gasteiger partial charge < -0.3 is 24.0 Å². The molecular weight excluding hydrogens is 560 g/mol. The van der Waals surface area contributed by atoms with E-state index in [0.717, 1.165) is 46.0 Å². The summed E-state index contributed by atoms with van der Waals surface area (Å²) in [5.74, 6) is -0.0523. The van der Waals surface area contributed by atoms with Crippen molar-refractivity contribution >= 4 is 29.1 Å². The predicted molar refractivity (Wildman–Crippen MR) is 167 cm³/mol. The van der Waals surface area contributed by atoms with Gasteiger partial charge in [-0.1, -0.05) is 0 Å². The average molecular weight is 605 g/mol. The third-order valence-corrected chi connectivity index (χ3v) is 8.00. The predicted octanol–water partition coefficient (Wildman–Crippen LogP) is 6.40. The van der Waals surface area contributed by atoms with Gasteiger partial charge in [-0.25, -0.2) is 19.1 Å². The standard InChI is InChI=1S/C34H44N4O6/c1-21-18-38(32(41)44-34(5,6)7)30-26(21)16-23(17-35-30)22-14-24-19-36(29(39)20-42-8)13-11-25(24)27(15-22)28-10-9-12-37(28)31(40)43-33(2,3)4/h14-18,28H,9-13,19-20H2,1-8H3/t28-/m0/s1. The minimum absolute atomic E-state index is 0.0332. The van der Waals surface area contributed by atoms with Crippen LogP contribution in [0, 0.1) is 6.92 Å². The van der Waals surface area contributed by atoms with Gasteiger partial charge in [0.2, 0.25) is 5.91 Å². The molecule has 1 saturated heterocycles. The van der Waals surface area contributed by atoms with E-state index in [4.69, 9.17) is 19.2 Å². The maximum atomic E-state index is 13.3. The Kier molecular flexibility index (Phi) is 8.50. The number of benzene rings is 1. The SMILES string of the molecule is COCC(=O)N1CCc2c(cc(-c3cnc4c(c3)c(C)cn4C(=O)OC(C)(C)C)cc2[C@@H]2CCCN2C(=O)OC(C)(C)C)C1. The summed E-state index contributed by atoms with van der Waals surface area (Å²) in [6.45, 7) is 14.8. The average Bonchev–Trinajstić information content (AvgIpc) is 3.55. The second kappa shape index (κ2) is 11.9. The summed E-state index contributed by atoms with van der Waals surface area (Å²) in [5.41, 5.74) is 5.34. The molecule has 2 amide bonds. The van der Waals surface area contributed by atoms with Crippen LogP contribution in [0.5, 0.6) is 0 Å². The van der Waals surface area contributed by atoms with Crippen molar-refractivity contribution < 1.29 is 28.6 Å². The number of aromatic nitrogens is 2. The van der Waals surface area contributed by atoms with Gasteiger partial charge in [0.05, 0.1) is 6.04 Å². The molecule has 0 aliphatic carbocycles. The monoisotopic (exact) mass is 604 g/mol. The van der Waals surface area contributed by atoms with Crippen LogP contribution in [0.15, 0.2) is 30.6 Å². The number of methoxy groups -OCH3 is 1. The molecule has 236 valence electrons. The van der Waals surface area contributed by atoms with Gasteiger partial charge in [-0.05, 0) is 114 Å². The summed E-state index contributed by atoms with van der Waals surface area (Å²) in [7, 11) is 1.53. The lowest BCUT2D eigenvalue weighted by molar-refractivity contribution is -0.136. The number of ether oxygens (including phenoxy) is 3. The van der Waals surface area contributed by atoms with Crippen molar-refractivity contribution in [2.75, 3.05) is 26.8 Å². The highest BCUT2D eigenvalue weighted by Gasteiger charge is 2.36. The first-order valence-corrected chi connectivity index (χ1v) is 15.3. The third kappa shape index (κ3) is 6.60. The van der Waals surface area contributed by atoms with E-state index in [0.29, 0.717) is 31.7 Å². The van der Waals surface area contributed by atoms with Crippen LogP contribution in [0.25, 0.3) is 22.2 Å². The Morgan fingerprint density at radius 1 is 0.955 bits per heavy atom. The molecule has 1 atom stereocenters. The minimum atomic E-state index is -0.632. The number of likely N-dealkylation sites (tertiary alicyclic amines) is 1. The summed E-state index contributed by atoms with van der Waals surface area (Å²) < 4.78 is 18.0. The molecule has 10 heteroatoms. The van der Waals surface area contributed by atoms with Crippen molar-refractivity contribution in [2.24, 2.45) is 0 Å². The molecule has 0 spiro atoms. The molecule has 1 fully saturated rings. The highest BCUT2D eigenvalue weighted by Crippen LogP contribution is 2.40.